The normalized spacial score (nSPS) is 9.69. The summed E-state index contributed by atoms with van der Waals surface area (Å²) in [6, 6.07) is 7.99. The first-order valence-corrected chi connectivity index (χ1v) is 4.41. The van der Waals surface area contributed by atoms with Crippen LogP contribution in [0, 0.1) is 21.4 Å². The molecule has 0 bridgehead atoms. The number of nitro groups is 1. The molecule has 0 aliphatic rings. The summed E-state index contributed by atoms with van der Waals surface area (Å²) in [6.45, 7) is 0. The number of hydrogen-bond donors (Lipinski definition) is 0. The summed E-state index contributed by atoms with van der Waals surface area (Å²) in [5.74, 6) is 0. The zero-order valence-corrected chi connectivity index (χ0v) is 8.07. The second kappa shape index (κ2) is 3.82. The molecule has 0 atom stereocenters. The Kier molecular flexibility index (Phi) is 2.36. The van der Waals surface area contributed by atoms with Crippen LogP contribution < -0.4 is 0 Å². The van der Waals surface area contributed by atoms with E-state index < -0.39 is 4.92 Å². The third kappa shape index (κ3) is 1.50. The molecule has 0 aliphatic carbocycles. The molecule has 0 N–H and O–H groups in total. The zero-order chi connectivity index (χ0) is 11.5. The van der Waals surface area contributed by atoms with Gasteiger partial charge >= 0.3 is 5.69 Å². The standard InChI is InChI=1S/C10H6N4O2/c11-7-8-3-1-4-9(10(8)14(15)16)13-6-2-5-12-13/h1-6H. The van der Waals surface area contributed by atoms with Crippen molar-refractivity contribution in [3.63, 3.8) is 0 Å². The van der Waals surface area contributed by atoms with Gasteiger partial charge in [0.15, 0.2) is 0 Å². The molecule has 0 fully saturated rings. The van der Waals surface area contributed by atoms with Gasteiger partial charge in [-0.05, 0) is 18.2 Å². The minimum atomic E-state index is -0.574. The number of benzene rings is 1. The molecule has 6 heteroatoms. The lowest BCUT2D eigenvalue weighted by atomic mass is 10.1. The average Bonchev–Trinajstić information content (AvgIpc) is 2.81. The summed E-state index contributed by atoms with van der Waals surface area (Å²) in [7, 11) is 0. The fourth-order valence-corrected chi connectivity index (χ4v) is 1.41. The Hall–Kier alpha value is -2.68. The van der Waals surface area contributed by atoms with Crippen LogP contribution in [0.4, 0.5) is 5.69 Å². The van der Waals surface area contributed by atoms with E-state index in [4.69, 9.17) is 5.26 Å². The van der Waals surface area contributed by atoms with Crippen LogP contribution in [0.25, 0.3) is 5.69 Å². The van der Waals surface area contributed by atoms with Crippen LogP contribution in [-0.2, 0) is 0 Å². The van der Waals surface area contributed by atoms with Crippen molar-refractivity contribution < 1.29 is 4.92 Å². The highest BCUT2D eigenvalue weighted by Crippen LogP contribution is 2.25. The molecule has 0 saturated heterocycles. The molecular weight excluding hydrogens is 208 g/mol. The van der Waals surface area contributed by atoms with Crippen LogP contribution in [0.3, 0.4) is 0 Å². The van der Waals surface area contributed by atoms with Crippen molar-refractivity contribution >= 4 is 5.69 Å². The maximum atomic E-state index is 10.9. The van der Waals surface area contributed by atoms with Crippen molar-refractivity contribution in [1.82, 2.24) is 9.78 Å². The minimum absolute atomic E-state index is 0.0259. The third-order valence-electron chi connectivity index (χ3n) is 2.07. The van der Waals surface area contributed by atoms with Crippen molar-refractivity contribution in [1.29, 1.82) is 5.26 Å². The highest BCUT2D eigenvalue weighted by Gasteiger charge is 2.20. The van der Waals surface area contributed by atoms with Gasteiger partial charge in [-0.1, -0.05) is 6.07 Å². The number of aromatic nitrogens is 2. The summed E-state index contributed by atoms with van der Waals surface area (Å²) in [5, 5.41) is 23.6. The number of para-hydroxylation sites is 1. The largest absolute Gasteiger partial charge is 0.312 e. The molecule has 0 spiro atoms. The van der Waals surface area contributed by atoms with Gasteiger partial charge in [-0.2, -0.15) is 10.4 Å². The first kappa shape index (κ1) is 9.86. The van der Waals surface area contributed by atoms with Gasteiger partial charge in [-0.25, -0.2) is 4.68 Å². The second-order valence-corrected chi connectivity index (χ2v) is 2.99. The monoisotopic (exact) mass is 214 g/mol. The lowest BCUT2D eigenvalue weighted by molar-refractivity contribution is -0.384. The van der Waals surface area contributed by atoms with Gasteiger partial charge in [0.1, 0.15) is 17.3 Å². The lowest BCUT2D eigenvalue weighted by Crippen LogP contribution is -2.02. The Bertz CT molecular complexity index is 569. The Labute approximate surface area is 90.5 Å². The summed E-state index contributed by atoms with van der Waals surface area (Å²) in [5.41, 5.74) is 0.0840. The molecular formula is C10H6N4O2. The van der Waals surface area contributed by atoms with E-state index in [0.29, 0.717) is 0 Å². The molecule has 0 amide bonds. The molecule has 16 heavy (non-hydrogen) atoms. The van der Waals surface area contributed by atoms with Crippen LogP contribution in [0.2, 0.25) is 0 Å². The van der Waals surface area contributed by atoms with Crippen LogP contribution in [0.5, 0.6) is 0 Å². The van der Waals surface area contributed by atoms with E-state index in [1.54, 1.807) is 30.5 Å². The predicted octanol–water partition coefficient (Wildman–Crippen LogP) is 1.65. The minimum Gasteiger partial charge on any atom is -0.258 e. The fourth-order valence-electron chi connectivity index (χ4n) is 1.41. The first-order valence-electron chi connectivity index (χ1n) is 4.41. The maximum absolute atomic E-state index is 10.9. The SMILES string of the molecule is N#Cc1cccc(-n2cccn2)c1[N+](=O)[O-]. The second-order valence-electron chi connectivity index (χ2n) is 2.99. The smallest absolute Gasteiger partial charge is 0.258 e. The van der Waals surface area contributed by atoms with Crippen molar-refractivity contribution in [2.24, 2.45) is 0 Å². The van der Waals surface area contributed by atoms with Crippen LogP contribution in [0.15, 0.2) is 36.7 Å². The fraction of sp³-hybridized carbons (Fsp3) is 0. The summed E-state index contributed by atoms with van der Waals surface area (Å²) < 4.78 is 1.36. The third-order valence-corrected chi connectivity index (χ3v) is 2.07. The van der Waals surface area contributed by atoms with Gasteiger partial charge in [0.05, 0.1) is 4.92 Å². The lowest BCUT2D eigenvalue weighted by Gasteiger charge is -2.03. The quantitative estimate of drug-likeness (QED) is 0.562. The number of nitrogens with zero attached hydrogens (tertiary/aromatic N) is 4. The Morgan fingerprint density at radius 2 is 2.25 bits per heavy atom. The molecule has 2 aromatic rings. The van der Waals surface area contributed by atoms with Gasteiger partial charge in [-0.3, -0.25) is 10.1 Å². The first-order chi connectivity index (χ1) is 7.74. The number of nitriles is 1. The van der Waals surface area contributed by atoms with Crippen molar-refractivity contribution in [3.05, 3.63) is 52.3 Å². The van der Waals surface area contributed by atoms with Gasteiger partial charge in [0.25, 0.3) is 0 Å². The molecule has 0 aliphatic heterocycles. The summed E-state index contributed by atoms with van der Waals surface area (Å²) in [4.78, 5) is 10.3. The molecule has 1 aromatic carbocycles. The Morgan fingerprint density at radius 1 is 1.44 bits per heavy atom. The molecule has 6 nitrogen and oxygen atoms in total. The number of nitro benzene ring substituents is 1. The van der Waals surface area contributed by atoms with Crippen LogP contribution >= 0.6 is 0 Å². The Balaban J connectivity index is 2.72. The molecule has 2 rings (SSSR count). The molecule has 78 valence electrons. The van der Waals surface area contributed by atoms with Crippen LogP contribution in [0.1, 0.15) is 5.56 Å². The van der Waals surface area contributed by atoms with Crippen molar-refractivity contribution in [2.45, 2.75) is 0 Å². The Morgan fingerprint density at radius 3 is 2.81 bits per heavy atom. The maximum Gasteiger partial charge on any atom is 0.312 e. The predicted molar refractivity (Wildman–Crippen MR) is 54.9 cm³/mol. The van der Waals surface area contributed by atoms with E-state index >= 15 is 0 Å². The van der Waals surface area contributed by atoms with E-state index in [2.05, 4.69) is 5.10 Å². The molecule has 1 aromatic heterocycles. The molecule has 1 heterocycles. The van der Waals surface area contributed by atoms with E-state index in [0.717, 1.165) is 0 Å². The molecule has 0 radical (unpaired) electrons. The molecule has 0 saturated carbocycles. The number of rotatable bonds is 2. The van der Waals surface area contributed by atoms with Gasteiger partial charge in [-0.15, -0.1) is 0 Å². The van der Waals surface area contributed by atoms with Gasteiger partial charge in [0.2, 0.25) is 0 Å². The van der Waals surface area contributed by atoms with E-state index in [9.17, 15) is 10.1 Å². The van der Waals surface area contributed by atoms with E-state index in [1.807, 2.05) is 0 Å². The summed E-state index contributed by atoms with van der Waals surface area (Å²) >= 11 is 0. The van der Waals surface area contributed by atoms with Crippen molar-refractivity contribution in [2.75, 3.05) is 0 Å². The van der Waals surface area contributed by atoms with E-state index in [1.165, 1.54) is 16.9 Å². The van der Waals surface area contributed by atoms with Gasteiger partial charge in [0, 0.05) is 12.4 Å². The number of hydrogen-bond acceptors (Lipinski definition) is 4. The van der Waals surface area contributed by atoms with Gasteiger partial charge < -0.3 is 0 Å². The highest BCUT2D eigenvalue weighted by molar-refractivity contribution is 5.61. The average molecular weight is 214 g/mol. The summed E-state index contributed by atoms with van der Waals surface area (Å²) in [6.07, 6.45) is 3.10. The zero-order valence-electron chi connectivity index (χ0n) is 8.07. The van der Waals surface area contributed by atoms with Crippen molar-refractivity contribution in [3.8, 4) is 11.8 Å². The topological polar surface area (TPSA) is 84.8 Å². The molecule has 0 unspecified atom stereocenters. The highest BCUT2D eigenvalue weighted by atomic mass is 16.6. The van der Waals surface area contributed by atoms with Crippen LogP contribution in [-0.4, -0.2) is 14.7 Å². The van der Waals surface area contributed by atoms with E-state index in [-0.39, 0.29) is 16.9 Å².